The molecule has 0 bridgehead atoms. The lowest BCUT2D eigenvalue weighted by Gasteiger charge is -2.23. The number of aliphatic hydroxyl groups is 1. The van der Waals surface area contributed by atoms with Crippen LogP contribution in [0.15, 0.2) is 0 Å². The van der Waals surface area contributed by atoms with Crippen molar-refractivity contribution >= 4 is 11.6 Å². The van der Waals surface area contributed by atoms with Crippen LogP contribution >= 0.6 is 0 Å². The summed E-state index contributed by atoms with van der Waals surface area (Å²) in [6.45, 7) is 5.26. The number of hydrogen-bond acceptors (Lipinski definition) is 6. The Morgan fingerprint density at radius 2 is 2.16 bits per heavy atom. The second-order valence-electron chi connectivity index (χ2n) is 5.97. The van der Waals surface area contributed by atoms with Crippen molar-refractivity contribution < 1.29 is 5.11 Å². The molecule has 4 N–H and O–H groups in total. The van der Waals surface area contributed by atoms with Gasteiger partial charge < -0.3 is 15.4 Å². The first-order valence-electron chi connectivity index (χ1n) is 6.83. The SMILES string of the molecule is Cc1c(NN)nc(C2CC2)nc1N1CCC(C)(O)C1. The minimum atomic E-state index is -0.632. The molecule has 1 aliphatic heterocycles. The van der Waals surface area contributed by atoms with Crippen molar-refractivity contribution in [1.29, 1.82) is 0 Å². The van der Waals surface area contributed by atoms with Gasteiger partial charge in [-0.3, -0.25) is 0 Å². The van der Waals surface area contributed by atoms with E-state index in [0.29, 0.717) is 18.3 Å². The van der Waals surface area contributed by atoms with Crippen LogP contribution in [-0.2, 0) is 0 Å². The van der Waals surface area contributed by atoms with E-state index in [4.69, 9.17) is 10.8 Å². The lowest BCUT2D eigenvalue weighted by atomic mass is 10.1. The van der Waals surface area contributed by atoms with Crippen LogP contribution in [0.25, 0.3) is 0 Å². The van der Waals surface area contributed by atoms with Crippen LogP contribution < -0.4 is 16.2 Å². The van der Waals surface area contributed by atoms with E-state index in [1.807, 2.05) is 13.8 Å². The number of rotatable bonds is 3. The Morgan fingerprint density at radius 3 is 2.68 bits per heavy atom. The van der Waals surface area contributed by atoms with Gasteiger partial charge >= 0.3 is 0 Å². The van der Waals surface area contributed by atoms with Gasteiger partial charge in [0, 0.05) is 24.6 Å². The minimum Gasteiger partial charge on any atom is -0.388 e. The normalized spacial score (nSPS) is 26.8. The summed E-state index contributed by atoms with van der Waals surface area (Å²) in [5, 5.41) is 10.1. The third kappa shape index (κ3) is 2.37. The van der Waals surface area contributed by atoms with Crippen molar-refractivity contribution in [3.63, 3.8) is 0 Å². The zero-order valence-corrected chi connectivity index (χ0v) is 11.5. The summed E-state index contributed by atoms with van der Waals surface area (Å²) in [4.78, 5) is 11.3. The molecule has 1 aliphatic carbocycles. The molecular formula is C13H21N5O. The van der Waals surface area contributed by atoms with Crippen molar-refractivity contribution in [3.05, 3.63) is 11.4 Å². The highest BCUT2D eigenvalue weighted by molar-refractivity contribution is 5.59. The summed E-state index contributed by atoms with van der Waals surface area (Å²) in [6.07, 6.45) is 3.08. The summed E-state index contributed by atoms with van der Waals surface area (Å²) in [5.41, 5.74) is 2.98. The molecule has 1 aromatic rings. The van der Waals surface area contributed by atoms with Crippen LogP contribution in [0, 0.1) is 6.92 Å². The molecular weight excluding hydrogens is 242 g/mol. The monoisotopic (exact) mass is 263 g/mol. The van der Waals surface area contributed by atoms with Crippen LogP contribution in [0.5, 0.6) is 0 Å². The molecule has 2 heterocycles. The van der Waals surface area contributed by atoms with Crippen molar-refractivity contribution in [2.24, 2.45) is 5.84 Å². The molecule has 1 saturated heterocycles. The second kappa shape index (κ2) is 4.31. The van der Waals surface area contributed by atoms with E-state index in [9.17, 15) is 5.11 Å². The lowest BCUT2D eigenvalue weighted by Crippen LogP contribution is -2.31. The number of anilines is 2. The van der Waals surface area contributed by atoms with E-state index in [1.54, 1.807) is 0 Å². The number of nitrogen functional groups attached to an aromatic ring is 1. The topological polar surface area (TPSA) is 87.3 Å². The predicted molar refractivity (Wildman–Crippen MR) is 74.0 cm³/mol. The van der Waals surface area contributed by atoms with E-state index < -0.39 is 5.60 Å². The van der Waals surface area contributed by atoms with E-state index in [2.05, 4.69) is 15.3 Å². The highest BCUT2D eigenvalue weighted by Crippen LogP contribution is 2.40. The number of nitrogens with zero attached hydrogens (tertiary/aromatic N) is 3. The third-order valence-electron chi connectivity index (χ3n) is 3.97. The van der Waals surface area contributed by atoms with Gasteiger partial charge in [0.25, 0.3) is 0 Å². The van der Waals surface area contributed by atoms with Crippen molar-refractivity contribution in [1.82, 2.24) is 9.97 Å². The summed E-state index contributed by atoms with van der Waals surface area (Å²) in [6, 6.07) is 0. The Bertz CT molecular complexity index is 498. The Kier molecular flexibility index (Phi) is 2.87. The maximum Gasteiger partial charge on any atom is 0.148 e. The van der Waals surface area contributed by atoms with E-state index in [-0.39, 0.29) is 0 Å². The van der Waals surface area contributed by atoms with Gasteiger partial charge in [-0.1, -0.05) is 0 Å². The molecule has 3 rings (SSSR count). The van der Waals surface area contributed by atoms with E-state index >= 15 is 0 Å². The number of nitrogens with two attached hydrogens (primary N) is 1. The Balaban J connectivity index is 1.97. The highest BCUT2D eigenvalue weighted by atomic mass is 16.3. The number of aromatic nitrogens is 2. The molecule has 2 fully saturated rings. The van der Waals surface area contributed by atoms with E-state index in [1.165, 1.54) is 0 Å². The van der Waals surface area contributed by atoms with Gasteiger partial charge in [0.2, 0.25) is 0 Å². The quantitative estimate of drug-likeness (QED) is 0.555. The molecule has 0 radical (unpaired) electrons. The first-order valence-corrected chi connectivity index (χ1v) is 6.83. The summed E-state index contributed by atoms with van der Waals surface area (Å²) >= 11 is 0. The Hall–Kier alpha value is -1.40. The van der Waals surface area contributed by atoms with Crippen LogP contribution in [0.3, 0.4) is 0 Å². The molecule has 1 atom stereocenters. The Morgan fingerprint density at radius 1 is 1.42 bits per heavy atom. The standard InChI is InChI=1S/C13H21N5O/c1-8-10(17-14)15-11(9-3-4-9)16-12(8)18-6-5-13(2,19)7-18/h9,19H,3-7,14H2,1-2H3,(H,15,16,17). The molecule has 2 aliphatic rings. The summed E-state index contributed by atoms with van der Waals surface area (Å²) in [7, 11) is 0. The van der Waals surface area contributed by atoms with Crippen LogP contribution in [-0.4, -0.2) is 33.8 Å². The summed E-state index contributed by atoms with van der Waals surface area (Å²) in [5.74, 6) is 8.51. The van der Waals surface area contributed by atoms with Gasteiger partial charge in [0.15, 0.2) is 0 Å². The molecule has 1 unspecified atom stereocenters. The van der Waals surface area contributed by atoms with Crippen LogP contribution in [0.2, 0.25) is 0 Å². The average molecular weight is 263 g/mol. The molecule has 6 nitrogen and oxygen atoms in total. The van der Waals surface area contributed by atoms with Crippen molar-refractivity contribution in [3.8, 4) is 0 Å². The minimum absolute atomic E-state index is 0.481. The first-order chi connectivity index (χ1) is 9.00. The molecule has 0 spiro atoms. The van der Waals surface area contributed by atoms with E-state index in [0.717, 1.165) is 43.0 Å². The molecule has 0 amide bonds. The van der Waals surface area contributed by atoms with Gasteiger partial charge in [-0.25, -0.2) is 15.8 Å². The number of nitrogens with one attached hydrogen (secondary N) is 1. The number of hydrogen-bond donors (Lipinski definition) is 3. The largest absolute Gasteiger partial charge is 0.388 e. The molecule has 19 heavy (non-hydrogen) atoms. The van der Waals surface area contributed by atoms with Gasteiger partial charge in [0.05, 0.1) is 5.60 Å². The third-order valence-corrected chi connectivity index (χ3v) is 3.97. The molecule has 6 heteroatoms. The maximum absolute atomic E-state index is 10.1. The van der Waals surface area contributed by atoms with Gasteiger partial charge in [-0.15, -0.1) is 0 Å². The predicted octanol–water partition coefficient (Wildman–Crippen LogP) is 0.909. The van der Waals surface area contributed by atoms with Gasteiger partial charge in [-0.2, -0.15) is 0 Å². The maximum atomic E-state index is 10.1. The lowest BCUT2D eigenvalue weighted by molar-refractivity contribution is 0.0839. The molecule has 1 saturated carbocycles. The van der Waals surface area contributed by atoms with Gasteiger partial charge in [0.1, 0.15) is 17.5 Å². The van der Waals surface area contributed by atoms with Crippen molar-refractivity contribution in [2.75, 3.05) is 23.4 Å². The number of hydrazine groups is 1. The molecule has 104 valence electrons. The van der Waals surface area contributed by atoms with Gasteiger partial charge in [-0.05, 0) is 33.1 Å². The first kappa shape index (κ1) is 12.6. The smallest absolute Gasteiger partial charge is 0.148 e. The molecule has 1 aromatic heterocycles. The fourth-order valence-electron chi connectivity index (χ4n) is 2.62. The number of β-amino-alcohol motifs (C(OH)–C–C–N with tert-alkyl or cyclic N) is 1. The van der Waals surface area contributed by atoms with Crippen LogP contribution in [0.4, 0.5) is 11.6 Å². The highest BCUT2D eigenvalue weighted by Gasteiger charge is 2.34. The fourth-order valence-corrected chi connectivity index (χ4v) is 2.62. The molecule has 0 aromatic carbocycles. The second-order valence-corrected chi connectivity index (χ2v) is 5.97. The average Bonchev–Trinajstić information content (AvgIpc) is 3.14. The summed E-state index contributed by atoms with van der Waals surface area (Å²) < 4.78 is 0. The fraction of sp³-hybridized carbons (Fsp3) is 0.692. The van der Waals surface area contributed by atoms with Crippen LogP contribution in [0.1, 0.15) is 43.5 Å². The zero-order valence-electron chi connectivity index (χ0n) is 11.5. The van der Waals surface area contributed by atoms with Crippen molar-refractivity contribution in [2.45, 2.75) is 44.6 Å². The zero-order chi connectivity index (χ0) is 13.6. The Labute approximate surface area is 113 Å².